The second-order valence-corrected chi connectivity index (χ2v) is 5.21. The van der Waals surface area contributed by atoms with E-state index in [0.29, 0.717) is 10.6 Å². The van der Waals surface area contributed by atoms with Gasteiger partial charge in [-0.3, -0.25) is 4.98 Å². The topological polar surface area (TPSA) is 39.2 Å². The van der Waals surface area contributed by atoms with Gasteiger partial charge in [-0.15, -0.1) is 0 Å². The van der Waals surface area contributed by atoms with Crippen LogP contribution in [0.25, 0.3) is 11.3 Å². The maximum atomic E-state index is 11.5. The van der Waals surface area contributed by atoms with Crippen LogP contribution in [-0.4, -0.2) is 18.1 Å². The molecule has 0 fully saturated rings. The van der Waals surface area contributed by atoms with E-state index in [0.717, 1.165) is 21.3 Å². The molecule has 0 unspecified atom stereocenters. The minimum atomic E-state index is -0.392. The molecule has 0 atom stereocenters. The molecule has 0 spiro atoms. The molecule has 1 heterocycles. The maximum Gasteiger partial charge on any atom is 0.339 e. The van der Waals surface area contributed by atoms with Crippen LogP contribution in [0.4, 0.5) is 0 Å². The first-order chi connectivity index (χ1) is 9.04. The van der Waals surface area contributed by atoms with Gasteiger partial charge in [0.25, 0.3) is 0 Å². The molecule has 0 amide bonds. The third kappa shape index (κ3) is 2.80. The predicted molar refractivity (Wildman–Crippen MR) is 78.5 cm³/mol. The normalized spacial score (nSPS) is 10.3. The van der Waals surface area contributed by atoms with Gasteiger partial charge in [0.2, 0.25) is 0 Å². The number of carbonyl (C=O) groups excluding carboxylic acids is 1. The van der Waals surface area contributed by atoms with Gasteiger partial charge in [0, 0.05) is 16.2 Å². The van der Waals surface area contributed by atoms with E-state index in [1.807, 2.05) is 31.2 Å². The summed E-state index contributed by atoms with van der Waals surface area (Å²) in [5.41, 5.74) is 2.79. The first-order valence-corrected chi connectivity index (χ1v) is 6.71. The summed E-state index contributed by atoms with van der Waals surface area (Å²) in [6.07, 6.45) is 1.51. The van der Waals surface area contributed by atoms with Crippen molar-refractivity contribution in [3.8, 4) is 11.3 Å². The average Bonchev–Trinajstić information content (AvgIpc) is 2.41. The van der Waals surface area contributed by atoms with Crippen molar-refractivity contribution in [2.24, 2.45) is 0 Å². The number of ether oxygens (including phenoxy) is 1. The van der Waals surface area contributed by atoms with Crippen molar-refractivity contribution < 1.29 is 9.53 Å². The minimum Gasteiger partial charge on any atom is -0.465 e. The number of carbonyl (C=O) groups is 1. The van der Waals surface area contributed by atoms with Crippen LogP contribution in [0, 0.1) is 6.92 Å². The van der Waals surface area contributed by atoms with Crippen LogP contribution < -0.4 is 0 Å². The number of hydrogen-bond acceptors (Lipinski definition) is 3. The lowest BCUT2D eigenvalue weighted by Crippen LogP contribution is -2.04. The van der Waals surface area contributed by atoms with E-state index < -0.39 is 5.97 Å². The summed E-state index contributed by atoms with van der Waals surface area (Å²) in [6, 6.07) is 7.45. The van der Waals surface area contributed by atoms with Gasteiger partial charge in [-0.2, -0.15) is 0 Å². The highest BCUT2D eigenvalue weighted by Crippen LogP contribution is 2.33. The van der Waals surface area contributed by atoms with Crippen LogP contribution in [0.1, 0.15) is 15.9 Å². The Morgan fingerprint density at radius 3 is 2.79 bits per heavy atom. The van der Waals surface area contributed by atoms with Crippen molar-refractivity contribution in [3.63, 3.8) is 0 Å². The van der Waals surface area contributed by atoms with Crippen molar-refractivity contribution in [3.05, 3.63) is 51.1 Å². The van der Waals surface area contributed by atoms with Crippen molar-refractivity contribution in [2.45, 2.75) is 6.92 Å². The number of aromatic nitrogens is 1. The van der Waals surface area contributed by atoms with Crippen molar-refractivity contribution >= 4 is 33.5 Å². The summed E-state index contributed by atoms with van der Waals surface area (Å²) < 4.78 is 5.50. The summed E-state index contributed by atoms with van der Waals surface area (Å²) in [5.74, 6) is -0.392. The largest absolute Gasteiger partial charge is 0.465 e. The van der Waals surface area contributed by atoms with E-state index in [1.165, 1.54) is 13.3 Å². The van der Waals surface area contributed by atoms with Gasteiger partial charge in [-0.25, -0.2) is 4.79 Å². The van der Waals surface area contributed by atoms with Crippen LogP contribution in [0.2, 0.25) is 5.02 Å². The highest BCUT2D eigenvalue weighted by Gasteiger charge is 2.13. The zero-order chi connectivity index (χ0) is 14.0. The Labute approximate surface area is 124 Å². The number of halogens is 2. The molecule has 2 aromatic rings. The van der Waals surface area contributed by atoms with E-state index in [4.69, 9.17) is 16.3 Å². The molecule has 1 aromatic heterocycles. The Kier molecular flexibility index (Phi) is 4.22. The predicted octanol–water partition coefficient (Wildman–Crippen LogP) is 4.26. The lowest BCUT2D eigenvalue weighted by molar-refractivity contribution is 0.0599. The van der Waals surface area contributed by atoms with Gasteiger partial charge in [0.05, 0.1) is 23.4 Å². The molecule has 0 saturated carbocycles. The van der Waals surface area contributed by atoms with E-state index >= 15 is 0 Å². The molecule has 0 aliphatic rings. The number of methoxy groups -OCH3 is 1. The third-order valence-electron chi connectivity index (χ3n) is 2.74. The first-order valence-electron chi connectivity index (χ1n) is 5.54. The summed E-state index contributed by atoms with van der Waals surface area (Å²) in [6.45, 7) is 1.84. The molecule has 0 aliphatic heterocycles. The fourth-order valence-electron chi connectivity index (χ4n) is 1.73. The number of benzene rings is 1. The Hall–Kier alpha value is -1.39. The standard InChI is InChI=1S/C14H11BrClNO2/c1-8-6-12(17-7-10(8)14(18)19-2)9-4-3-5-11(15)13(9)16/h3-7H,1-2H3. The fourth-order valence-corrected chi connectivity index (χ4v) is 2.32. The zero-order valence-corrected chi connectivity index (χ0v) is 12.7. The van der Waals surface area contributed by atoms with Gasteiger partial charge >= 0.3 is 5.97 Å². The number of aryl methyl sites for hydroxylation is 1. The van der Waals surface area contributed by atoms with Gasteiger partial charge < -0.3 is 4.74 Å². The lowest BCUT2D eigenvalue weighted by Gasteiger charge is -2.08. The van der Waals surface area contributed by atoms with E-state index in [1.54, 1.807) is 0 Å². The first kappa shape index (κ1) is 14.0. The third-order valence-corrected chi connectivity index (χ3v) is 4.04. The SMILES string of the molecule is COC(=O)c1cnc(-c2cccc(Br)c2Cl)cc1C. The lowest BCUT2D eigenvalue weighted by atomic mass is 10.1. The van der Waals surface area contributed by atoms with Crippen molar-refractivity contribution in [1.82, 2.24) is 4.98 Å². The number of esters is 1. The number of nitrogens with zero attached hydrogens (tertiary/aromatic N) is 1. The molecule has 0 radical (unpaired) electrons. The van der Waals surface area contributed by atoms with Crippen LogP contribution in [0.3, 0.4) is 0 Å². The molecule has 0 aliphatic carbocycles. The number of hydrogen-bond donors (Lipinski definition) is 0. The van der Waals surface area contributed by atoms with Crippen molar-refractivity contribution in [2.75, 3.05) is 7.11 Å². The Morgan fingerprint density at radius 2 is 2.16 bits per heavy atom. The summed E-state index contributed by atoms with van der Waals surface area (Å²) >= 11 is 9.61. The quantitative estimate of drug-likeness (QED) is 0.767. The Morgan fingerprint density at radius 1 is 1.42 bits per heavy atom. The summed E-state index contributed by atoms with van der Waals surface area (Å²) in [7, 11) is 1.35. The highest BCUT2D eigenvalue weighted by atomic mass is 79.9. The zero-order valence-electron chi connectivity index (χ0n) is 10.4. The van der Waals surface area contributed by atoms with Crippen LogP contribution in [0.5, 0.6) is 0 Å². The molecule has 98 valence electrons. The fraction of sp³-hybridized carbons (Fsp3) is 0.143. The molecule has 0 N–H and O–H groups in total. The number of pyridine rings is 1. The van der Waals surface area contributed by atoms with Gasteiger partial charge in [-0.1, -0.05) is 23.7 Å². The molecule has 19 heavy (non-hydrogen) atoms. The molecule has 0 saturated heterocycles. The molecule has 1 aromatic carbocycles. The van der Waals surface area contributed by atoms with Crippen LogP contribution >= 0.6 is 27.5 Å². The molecular formula is C14H11BrClNO2. The molecule has 2 rings (SSSR count). The Balaban J connectivity index is 2.51. The van der Waals surface area contributed by atoms with E-state index in [9.17, 15) is 4.79 Å². The minimum absolute atomic E-state index is 0.392. The van der Waals surface area contributed by atoms with Crippen LogP contribution in [-0.2, 0) is 4.74 Å². The second kappa shape index (κ2) is 5.72. The molecule has 5 heteroatoms. The summed E-state index contributed by atoms with van der Waals surface area (Å²) in [4.78, 5) is 15.8. The van der Waals surface area contributed by atoms with Gasteiger partial charge in [-0.05, 0) is 40.5 Å². The second-order valence-electron chi connectivity index (χ2n) is 3.98. The van der Waals surface area contributed by atoms with Gasteiger partial charge in [0.1, 0.15) is 0 Å². The Bertz CT molecular complexity index is 643. The maximum absolute atomic E-state index is 11.5. The molecule has 3 nitrogen and oxygen atoms in total. The van der Waals surface area contributed by atoms with E-state index in [-0.39, 0.29) is 0 Å². The van der Waals surface area contributed by atoms with E-state index in [2.05, 4.69) is 20.9 Å². The molecule has 0 bridgehead atoms. The van der Waals surface area contributed by atoms with Crippen LogP contribution in [0.15, 0.2) is 34.9 Å². The van der Waals surface area contributed by atoms with Gasteiger partial charge in [0.15, 0.2) is 0 Å². The number of rotatable bonds is 2. The van der Waals surface area contributed by atoms with Crippen molar-refractivity contribution in [1.29, 1.82) is 0 Å². The summed E-state index contributed by atoms with van der Waals surface area (Å²) in [5, 5.41) is 0.597. The monoisotopic (exact) mass is 339 g/mol. The molecular weight excluding hydrogens is 330 g/mol. The highest BCUT2D eigenvalue weighted by molar-refractivity contribution is 9.10. The average molecular weight is 341 g/mol. The smallest absolute Gasteiger partial charge is 0.339 e.